The zero-order valence-electron chi connectivity index (χ0n) is 7.90. The van der Waals surface area contributed by atoms with Gasteiger partial charge in [-0.15, -0.1) is 0 Å². The molecule has 13 heavy (non-hydrogen) atoms. The summed E-state index contributed by atoms with van der Waals surface area (Å²) in [6, 6.07) is 0. The average Bonchev–Trinajstić information content (AvgIpc) is 2.46. The van der Waals surface area contributed by atoms with E-state index < -0.39 is 5.60 Å². The fourth-order valence-electron chi connectivity index (χ4n) is 1.87. The Morgan fingerprint density at radius 2 is 2.38 bits per heavy atom. The summed E-state index contributed by atoms with van der Waals surface area (Å²) < 4.78 is 6.98. The van der Waals surface area contributed by atoms with Crippen molar-refractivity contribution in [3.05, 3.63) is 18.2 Å². The maximum Gasteiger partial charge on any atom is 0.111 e. The number of hydrogen-bond acceptors (Lipinski definition) is 3. The number of aromatic nitrogens is 2. The lowest BCUT2D eigenvalue weighted by atomic mass is 9.75. The highest BCUT2D eigenvalue weighted by Gasteiger charge is 2.45. The molecular weight excluding hydrogens is 168 g/mol. The van der Waals surface area contributed by atoms with Crippen molar-refractivity contribution in [2.75, 3.05) is 7.11 Å². The molecule has 0 spiro atoms. The second-order valence-corrected chi connectivity index (χ2v) is 3.69. The van der Waals surface area contributed by atoms with Gasteiger partial charge in [0.05, 0.1) is 24.3 Å². The summed E-state index contributed by atoms with van der Waals surface area (Å²) in [5.74, 6) is 0. The quantitative estimate of drug-likeness (QED) is 0.721. The van der Waals surface area contributed by atoms with E-state index in [1.165, 1.54) is 0 Å². The van der Waals surface area contributed by atoms with Crippen molar-refractivity contribution in [3.8, 4) is 0 Å². The zero-order valence-corrected chi connectivity index (χ0v) is 7.90. The van der Waals surface area contributed by atoms with E-state index in [1.54, 1.807) is 19.6 Å². The van der Waals surface area contributed by atoms with Crippen LogP contribution in [0, 0.1) is 0 Å². The van der Waals surface area contributed by atoms with E-state index in [2.05, 4.69) is 4.98 Å². The maximum absolute atomic E-state index is 10.1. The molecule has 1 fully saturated rings. The molecule has 1 aliphatic carbocycles. The highest BCUT2D eigenvalue weighted by molar-refractivity contribution is 5.16. The Bertz CT molecular complexity index is 302. The van der Waals surface area contributed by atoms with Crippen LogP contribution in [-0.4, -0.2) is 27.9 Å². The Hall–Kier alpha value is -0.870. The largest absolute Gasteiger partial charge is 0.383 e. The molecule has 0 atom stereocenters. The van der Waals surface area contributed by atoms with Crippen LogP contribution < -0.4 is 0 Å². The van der Waals surface area contributed by atoms with Gasteiger partial charge in [0.25, 0.3) is 0 Å². The van der Waals surface area contributed by atoms with Crippen molar-refractivity contribution in [1.82, 2.24) is 9.55 Å². The summed E-state index contributed by atoms with van der Waals surface area (Å²) in [6.07, 6.45) is 4.95. The van der Waals surface area contributed by atoms with E-state index in [9.17, 15) is 5.11 Å². The molecule has 1 aliphatic rings. The monoisotopic (exact) mass is 182 g/mol. The molecule has 0 amide bonds. The van der Waals surface area contributed by atoms with E-state index in [1.807, 2.05) is 11.6 Å². The lowest BCUT2D eigenvalue weighted by molar-refractivity contribution is -0.136. The number of ether oxygens (including phenoxy) is 1. The first-order chi connectivity index (χ1) is 6.15. The minimum absolute atomic E-state index is 0.194. The lowest BCUT2D eigenvalue weighted by Crippen LogP contribution is -2.46. The second-order valence-electron chi connectivity index (χ2n) is 3.69. The summed E-state index contributed by atoms with van der Waals surface area (Å²) in [4.78, 5) is 3.98. The van der Waals surface area contributed by atoms with Crippen LogP contribution in [0.3, 0.4) is 0 Å². The molecule has 72 valence electrons. The third-order valence-electron chi connectivity index (χ3n) is 2.76. The van der Waals surface area contributed by atoms with Crippen molar-refractivity contribution in [3.63, 3.8) is 0 Å². The summed E-state index contributed by atoms with van der Waals surface area (Å²) in [5.41, 5.74) is 0.159. The number of rotatable bonds is 2. The molecule has 1 aromatic rings. The van der Waals surface area contributed by atoms with Crippen molar-refractivity contribution in [2.45, 2.75) is 24.5 Å². The van der Waals surface area contributed by atoms with Crippen LogP contribution in [0.4, 0.5) is 0 Å². The van der Waals surface area contributed by atoms with Gasteiger partial charge in [0.1, 0.15) is 5.60 Å². The molecule has 0 saturated heterocycles. The van der Waals surface area contributed by atoms with Crippen molar-refractivity contribution < 1.29 is 9.84 Å². The SMILES string of the molecule is COC1CC(O)(c2cncn2C)C1. The normalized spacial score (nSPS) is 33.0. The fraction of sp³-hybridized carbons (Fsp3) is 0.667. The van der Waals surface area contributed by atoms with Gasteiger partial charge in [-0.3, -0.25) is 0 Å². The van der Waals surface area contributed by atoms with Crippen molar-refractivity contribution in [2.24, 2.45) is 7.05 Å². The second kappa shape index (κ2) is 2.82. The third kappa shape index (κ3) is 1.26. The molecule has 0 unspecified atom stereocenters. The predicted octanol–water partition coefficient (Wildman–Crippen LogP) is 0.417. The highest BCUT2D eigenvalue weighted by atomic mass is 16.5. The zero-order chi connectivity index (χ0) is 9.47. The average molecular weight is 182 g/mol. The van der Waals surface area contributed by atoms with Gasteiger partial charge in [-0.1, -0.05) is 0 Å². The van der Waals surface area contributed by atoms with Gasteiger partial charge in [-0.2, -0.15) is 0 Å². The van der Waals surface area contributed by atoms with E-state index in [4.69, 9.17) is 4.74 Å². The third-order valence-corrected chi connectivity index (χ3v) is 2.76. The van der Waals surface area contributed by atoms with Crippen LogP contribution >= 0.6 is 0 Å². The van der Waals surface area contributed by atoms with Crippen LogP contribution in [0.15, 0.2) is 12.5 Å². The molecule has 2 rings (SSSR count). The van der Waals surface area contributed by atoms with Crippen molar-refractivity contribution in [1.29, 1.82) is 0 Å². The van der Waals surface area contributed by atoms with Crippen LogP contribution in [0.5, 0.6) is 0 Å². The Labute approximate surface area is 77.2 Å². The number of aliphatic hydroxyl groups is 1. The van der Waals surface area contributed by atoms with E-state index >= 15 is 0 Å². The number of methoxy groups -OCH3 is 1. The molecule has 0 aromatic carbocycles. The minimum atomic E-state index is -0.716. The molecule has 0 bridgehead atoms. The van der Waals surface area contributed by atoms with Gasteiger partial charge >= 0.3 is 0 Å². The Morgan fingerprint density at radius 1 is 1.69 bits per heavy atom. The highest BCUT2D eigenvalue weighted by Crippen LogP contribution is 2.42. The lowest BCUT2D eigenvalue weighted by Gasteiger charge is -2.42. The standard InChI is InChI=1S/C9H14N2O2/c1-11-6-10-5-8(11)9(12)3-7(4-9)13-2/h5-7,12H,3-4H2,1-2H3. The molecule has 1 heterocycles. The molecule has 4 nitrogen and oxygen atoms in total. The number of imidazole rings is 1. The predicted molar refractivity (Wildman–Crippen MR) is 47.1 cm³/mol. The van der Waals surface area contributed by atoms with Gasteiger partial charge in [0, 0.05) is 27.0 Å². The molecule has 4 heteroatoms. The van der Waals surface area contributed by atoms with Gasteiger partial charge in [0.15, 0.2) is 0 Å². The first kappa shape index (κ1) is 8.72. The fourth-order valence-corrected chi connectivity index (χ4v) is 1.87. The smallest absolute Gasteiger partial charge is 0.111 e. The van der Waals surface area contributed by atoms with Crippen LogP contribution in [0.2, 0.25) is 0 Å². The molecule has 1 saturated carbocycles. The Morgan fingerprint density at radius 3 is 2.85 bits per heavy atom. The van der Waals surface area contributed by atoms with Crippen LogP contribution in [-0.2, 0) is 17.4 Å². The summed E-state index contributed by atoms with van der Waals surface area (Å²) in [7, 11) is 3.56. The summed E-state index contributed by atoms with van der Waals surface area (Å²) >= 11 is 0. The summed E-state index contributed by atoms with van der Waals surface area (Å²) in [5, 5.41) is 10.1. The van der Waals surface area contributed by atoms with Gasteiger partial charge < -0.3 is 14.4 Å². The maximum atomic E-state index is 10.1. The first-order valence-corrected chi connectivity index (χ1v) is 4.38. The molecular formula is C9H14N2O2. The Balaban J connectivity index is 2.15. The first-order valence-electron chi connectivity index (χ1n) is 4.38. The number of hydrogen-bond donors (Lipinski definition) is 1. The summed E-state index contributed by atoms with van der Waals surface area (Å²) in [6.45, 7) is 0. The number of aryl methyl sites for hydroxylation is 1. The minimum Gasteiger partial charge on any atom is -0.383 e. The topological polar surface area (TPSA) is 47.3 Å². The molecule has 0 aliphatic heterocycles. The number of nitrogens with zero attached hydrogens (tertiary/aromatic N) is 2. The van der Waals surface area contributed by atoms with E-state index in [0.717, 1.165) is 5.69 Å². The van der Waals surface area contributed by atoms with Gasteiger partial charge in [-0.05, 0) is 0 Å². The molecule has 1 N–H and O–H groups in total. The van der Waals surface area contributed by atoms with E-state index in [-0.39, 0.29) is 6.10 Å². The van der Waals surface area contributed by atoms with Crippen LogP contribution in [0.25, 0.3) is 0 Å². The van der Waals surface area contributed by atoms with Gasteiger partial charge in [-0.25, -0.2) is 4.98 Å². The van der Waals surface area contributed by atoms with Gasteiger partial charge in [0.2, 0.25) is 0 Å². The van der Waals surface area contributed by atoms with Crippen LogP contribution in [0.1, 0.15) is 18.5 Å². The molecule has 1 aromatic heterocycles. The Kier molecular flexibility index (Phi) is 1.89. The van der Waals surface area contributed by atoms with Crippen molar-refractivity contribution >= 4 is 0 Å². The van der Waals surface area contributed by atoms with E-state index in [0.29, 0.717) is 12.8 Å². The molecule has 0 radical (unpaired) electrons.